The first-order chi connectivity index (χ1) is 5.33. The SMILES string of the molecule is CSCC[n+]1ccc(C)cc1. The Morgan fingerprint density at radius 1 is 1.36 bits per heavy atom. The first kappa shape index (κ1) is 8.60. The fourth-order valence-electron chi connectivity index (χ4n) is 0.878. The van der Waals surface area contributed by atoms with E-state index in [1.807, 2.05) is 11.8 Å². The van der Waals surface area contributed by atoms with Crippen molar-refractivity contribution in [1.29, 1.82) is 0 Å². The Labute approximate surface area is 72.4 Å². The second-order valence-corrected chi connectivity index (χ2v) is 3.59. The molecule has 0 aromatic carbocycles. The lowest BCUT2D eigenvalue weighted by atomic mass is 10.3. The minimum absolute atomic E-state index is 1.11. The Hall–Kier alpha value is -0.500. The van der Waals surface area contributed by atoms with Crippen LogP contribution in [0.1, 0.15) is 5.56 Å². The summed E-state index contributed by atoms with van der Waals surface area (Å²) in [6.07, 6.45) is 6.39. The molecular weight excluding hydrogens is 154 g/mol. The Morgan fingerprint density at radius 2 is 2.00 bits per heavy atom. The highest BCUT2D eigenvalue weighted by atomic mass is 32.2. The van der Waals surface area contributed by atoms with Gasteiger partial charge in [0.25, 0.3) is 0 Å². The van der Waals surface area contributed by atoms with Crippen LogP contribution in [0.5, 0.6) is 0 Å². The number of aromatic nitrogens is 1. The molecule has 60 valence electrons. The van der Waals surface area contributed by atoms with E-state index in [0.29, 0.717) is 0 Å². The van der Waals surface area contributed by atoms with Crippen LogP contribution in [-0.4, -0.2) is 12.0 Å². The quantitative estimate of drug-likeness (QED) is 0.621. The number of hydrogen-bond donors (Lipinski definition) is 0. The number of aryl methyl sites for hydroxylation is 2. The minimum atomic E-state index is 1.11. The van der Waals surface area contributed by atoms with E-state index in [4.69, 9.17) is 0 Å². The van der Waals surface area contributed by atoms with E-state index in [0.717, 1.165) is 6.54 Å². The van der Waals surface area contributed by atoms with Crippen molar-refractivity contribution in [3.63, 3.8) is 0 Å². The van der Waals surface area contributed by atoms with E-state index in [1.165, 1.54) is 11.3 Å². The van der Waals surface area contributed by atoms with Crippen molar-refractivity contribution in [2.45, 2.75) is 13.5 Å². The maximum Gasteiger partial charge on any atom is 0.169 e. The molecule has 0 saturated carbocycles. The van der Waals surface area contributed by atoms with Crippen molar-refractivity contribution in [2.24, 2.45) is 0 Å². The summed E-state index contributed by atoms with van der Waals surface area (Å²) >= 11 is 1.88. The first-order valence-corrected chi connectivity index (χ1v) is 5.17. The van der Waals surface area contributed by atoms with E-state index in [9.17, 15) is 0 Å². The van der Waals surface area contributed by atoms with Gasteiger partial charge in [-0.15, -0.1) is 0 Å². The lowest BCUT2D eigenvalue weighted by Gasteiger charge is -1.94. The number of nitrogens with zero attached hydrogens (tertiary/aromatic N) is 1. The fraction of sp³-hybridized carbons (Fsp3) is 0.444. The fourth-order valence-corrected chi connectivity index (χ4v) is 1.27. The van der Waals surface area contributed by atoms with Crippen LogP contribution in [0.4, 0.5) is 0 Å². The number of pyridine rings is 1. The summed E-state index contributed by atoms with van der Waals surface area (Å²) in [5.74, 6) is 1.19. The molecule has 1 aromatic rings. The van der Waals surface area contributed by atoms with Gasteiger partial charge in [0.1, 0.15) is 0 Å². The molecule has 0 radical (unpaired) electrons. The van der Waals surface area contributed by atoms with Crippen LogP contribution >= 0.6 is 11.8 Å². The van der Waals surface area contributed by atoms with Gasteiger partial charge in [0, 0.05) is 12.1 Å². The zero-order valence-corrected chi connectivity index (χ0v) is 7.90. The third-order valence-corrected chi connectivity index (χ3v) is 2.20. The lowest BCUT2D eigenvalue weighted by molar-refractivity contribution is -0.692. The highest BCUT2D eigenvalue weighted by molar-refractivity contribution is 7.98. The molecule has 2 heteroatoms. The molecule has 0 aliphatic carbocycles. The Morgan fingerprint density at radius 3 is 2.55 bits per heavy atom. The van der Waals surface area contributed by atoms with E-state index >= 15 is 0 Å². The van der Waals surface area contributed by atoms with Crippen molar-refractivity contribution in [2.75, 3.05) is 12.0 Å². The number of rotatable bonds is 3. The van der Waals surface area contributed by atoms with Crippen molar-refractivity contribution < 1.29 is 4.57 Å². The molecule has 0 atom stereocenters. The zero-order valence-electron chi connectivity index (χ0n) is 7.08. The maximum absolute atomic E-state index is 2.21. The summed E-state index contributed by atoms with van der Waals surface area (Å²) in [6.45, 7) is 3.22. The summed E-state index contributed by atoms with van der Waals surface area (Å²) in [5.41, 5.74) is 1.32. The van der Waals surface area contributed by atoms with Crippen molar-refractivity contribution in [3.05, 3.63) is 30.1 Å². The summed E-state index contributed by atoms with van der Waals surface area (Å²) in [4.78, 5) is 0. The standard InChI is InChI=1S/C9H14NS/c1-9-3-5-10(6-4-9)7-8-11-2/h3-6H,7-8H2,1-2H3/q+1. The van der Waals surface area contributed by atoms with Gasteiger partial charge in [-0.25, -0.2) is 4.57 Å². The smallest absolute Gasteiger partial charge is 0.169 e. The minimum Gasteiger partial charge on any atom is -0.204 e. The van der Waals surface area contributed by atoms with E-state index in [-0.39, 0.29) is 0 Å². The largest absolute Gasteiger partial charge is 0.204 e. The zero-order chi connectivity index (χ0) is 8.10. The van der Waals surface area contributed by atoms with Gasteiger partial charge in [0.05, 0.1) is 5.75 Å². The van der Waals surface area contributed by atoms with Gasteiger partial charge in [0.15, 0.2) is 18.9 Å². The molecule has 1 heterocycles. The molecule has 0 bridgehead atoms. The third-order valence-electron chi connectivity index (χ3n) is 1.61. The van der Waals surface area contributed by atoms with Crippen LogP contribution in [0, 0.1) is 6.92 Å². The molecule has 1 aromatic heterocycles. The molecule has 1 nitrogen and oxygen atoms in total. The summed E-state index contributed by atoms with van der Waals surface area (Å²) in [5, 5.41) is 0. The normalized spacial score (nSPS) is 10.0. The molecule has 11 heavy (non-hydrogen) atoms. The number of hydrogen-bond acceptors (Lipinski definition) is 1. The summed E-state index contributed by atoms with van der Waals surface area (Å²) in [7, 11) is 0. The van der Waals surface area contributed by atoms with Crippen LogP contribution in [0.3, 0.4) is 0 Å². The Kier molecular flexibility index (Phi) is 3.43. The van der Waals surface area contributed by atoms with Gasteiger partial charge < -0.3 is 0 Å². The summed E-state index contributed by atoms with van der Waals surface area (Å²) < 4.78 is 2.21. The van der Waals surface area contributed by atoms with Crippen LogP contribution in [-0.2, 0) is 6.54 Å². The highest BCUT2D eigenvalue weighted by Crippen LogP contribution is 1.92. The molecule has 0 unspecified atom stereocenters. The molecular formula is C9H14NS+. The molecule has 0 amide bonds. The second kappa shape index (κ2) is 4.39. The summed E-state index contributed by atoms with van der Waals surface area (Å²) in [6, 6.07) is 4.28. The topological polar surface area (TPSA) is 3.88 Å². The average Bonchev–Trinajstić information content (AvgIpc) is 2.04. The van der Waals surface area contributed by atoms with Gasteiger partial charge in [-0.05, 0) is 18.7 Å². The lowest BCUT2D eigenvalue weighted by Crippen LogP contribution is -2.33. The molecule has 0 saturated heterocycles. The van der Waals surface area contributed by atoms with Crippen LogP contribution in [0.25, 0.3) is 0 Å². The van der Waals surface area contributed by atoms with Gasteiger partial charge >= 0.3 is 0 Å². The van der Waals surface area contributed by atoms with Crippen LogP contribution in [0.2, 0.25) is 0 Å². The van der Waals surface area contributed by atoms with Gasteiger partial charge in [-0.3, -0.25) is 0 Å². The first-order valence-electron chi connectivity index (χ1n) is 3.77. The van der Waals surface area contributed by atoms with Crippen molar-refractivity contribution >= 4 is 11.8 Å². The van der Waals surface area contributed by atoms with Crippen LogP contribution in [0.15, 0.2) is 24.5 Å². The van der Waals surface area contributed by atoms with Crippen molar-refractivity contribution in [3.8, 4) is 0 Å². The highest BCUT2D eigenvalue weighted by Gasteiger charge is 1.96. The third kappa shape index (κ3) is 2.93. The van der Waals surface area contributed by atoms with Crippen LogP contribution < -0.4 is 4.57 Å². The van der Waals surface area contributed by atoms with Crippen molar-refractivity contribution in [1.82, 2.24) is 0 Å². The molecule has 0 aliphatic heterocycles. The Bertz CT molecular complexity index is 205. The van der Waals surface area contributed by atoms with Gasteiger partial charge in [-0.2, -0.15) is 11.8 Å². The monoisotopic (exact) mass is 168 g/mol. The van der Waals surface area contributed by atoms with Gasteiger partial charge in [-0.1, -0.05) is 0 Å². The van der Waals surface area contributed by atoms with Gasteiger partial charge in [0.2, 0.25) is 0 Å². The van der Waals surface area contributed by atoms with E-state index < -0.39 is 0 Å². The molecule has 0 N–H and O–H groups in total. The molecule has 0 fully saturated rings. The maximum atomic E-state index is 2.21. The van der Waals surface area contributed by atoms with E-state index in [1.54, 1.807) is 0 Å². The van der Waals surface area contributed by atoms with E-state index in [2.05, 4.69) is 42.3 Å². The number of thioether (sulfide) groups is 1. The molecule has 0 spiro atoms. The average molecular weight is 168 g/mol. The molecule has 0 aliphatic rings. The predicted molar refractivity (Wildman–Crippen MR) is 49.8 cm³/mol. The second-order valence-electron chi connectivity index (χ2n) is 2.61. The predicted octanol–water partition coefficient (Wildman–Crippen LogP) is 1.65. The molecule has 1 rings (SSSR count). The Balaban J connectivity index is 2.52.